The molecule has 2 aliphatic rings. The van der Waals surface area contributed by atoms with Gasteiger partial charge in [0, 0.05) is 47.6 Å². The van der Waals surface area contributed by atoms with Crippen LogP contribution in [0.3, 0.4) is 0 Å². The number of ether oxygens (including phenoxy) is 1. The minimum atomic E-state index is -0.165. The molecule has 0 spiro atoms. The Morgan fingerprint density at radius 1 is 1.10 bits per heavy atom. The predicted molar refractivity (Wildman–Crippen MR) is 154 cm³/mol. The Bertz CT molecular complexity index is 1470. The molecule has 2 aromatic carbocycles. The fourth-order valence-electron chi connectivity index (χ4n) is 6.24. The van der Waals surface area contributed by atoms with Gasteiger partial charge in [-0.3, -0.25) is 19.7 Å². The van der Waals surface area contributed by atoms with Crippen LogP contribution in [-0.4, -0.2) is 50.6 Å². The van der Waals surface area contributed by atoms with Crippen molar-refractivity contribution in [3.8, 4) is 17.0 Å². The van der Waals surface area contributed by atoms with Crippen molar-refractivity contribution in [1.82, 2.24) is 25.4 Å². The Labute approximate surface area is 234 Å². The molecule has 40 heavy (non-hydrogen) atoms. The van der Waals surface area contributed by atoms with Crippen LogP contribution in [0.4, 0.5) is 0 Å². The first-order valence-corrected chi connectivity index (χ1v) is 14.2. The lowest BCUT2D eigenvalue weighted by Crippen LogP contribution is -2.45. The first-order valence-electron chi connectivity index (χ1n) is 14.2. The molecule has 2 amide bonds. The number of hydrogen-bond acceptors (Lipinski definition) is 5. The summed E-state index contributed by atoms with van der Waals surface area (Å²) < 4.78 is 6.31. The average Bonchev–Trinajstić information content (AvgIpc) is 3.50. The number of carbonyl (C=O) groups excluding carboxylic acids is 2. The van der Waals surface area contributed by atoms with Gasteiger partial charge in [-0.25, -0.2) is 0 Å². The summed E-state index contributed by atoms with van der Waals surface area (Å²) >= 11 is 0. The number of hydrogen-bond donors (Lipinski definition) is 2. The van der Waals surface area contributed by atoms with Crippen LogP contribution >= 0.6 is 0 Å². The molecule has 0 aliphatic carbocycles. The van der Waals surface area contributed by atoms with Gasteiger partial charge in [0.25, 0.3) is 5.91 Å². The molecule has 2 saturated heterocycles. The Morgan fingerprint density at radius 2 is 1.88 bits per heavy atom. The van der Waals surface area contributed by atoms with E-state index in [2.05, 4.69) is 34.3 Å². The van der Waals surface area contributed by atoms with Crippen LogP contribution in [0.1, 0.15) is 68.0 Å². The van der Waals surface area contributed by atoms with Crippen molar-refractivity contribution < 1.29 is 14.3 Å². The Balaban J connectivity index is 1.18. The fourth-order valence-corrected chi connectivity index (χ4v) is 6.24. The van der Waals surface area contributed by atoms with Gasteiger partial charge in [0.1, 0.15) is 11.9 Å². The number of nitrogens with one attached hydrogen (secondary N) is 2. The number of aromatic amines is 1. The van der Waals surface area contributed by atoms with Crippen molar-refractivity contribution in [2.45, 2.75) is 70.2 Å². The van der Waals surface area contributed by atoms with Gasteiger partial charge in [-0.2, -0.15) is 5.10 Å². The predicted octanol–water partition coefficient (Wildman–Crippen LogP) is 5.67. The highest BCUT2D eigenvalue weighted by Crippen LogP contribution is 2.36. The Kier molecular flexibility index (Phi) is 7.24. The van der Waals surface area contributed by atoms with Gasteiger partial charge in [0.15, 0.2) is 0 Å². The Hall–Kier alpha value is -4.20. The third-order valence-electron chi connectivity index (χ3n) is 8.18. The van der Waals surface area contributed by atoms with Gasteiger partial charge in [0.05, 0.1) is 22.9 Å². The van der Waals surface area contributed by atoms with E-state index in [9.17, 15) is 9.59 Å². The number of pyridine rings is 1. The third kappa shape index (κ3) is 5.30. The molecule has 206 valence electrons. The number of benzene rings is 2. The van der Waals surface area contributed by atoms with Crippen molar-refractivity contribution in [2.75, 3.05) is 0 Å². The molecule has 0 unspecified atom stereocenters. The molecule has 2 aliphatic heterocycles. The third-order valence-corrected chi connectivity index (χ3v) is 8.18. The van der Waals surface area contributed by atoms with E-state index in [1.807, 2.05) is 65.6 Å². The molecule has 2 fully saturated rings. The molecular weight excluding hydrogens is 502 g/mol. The monoisotopic (exact) mass is 537 g/mol. The number of amides is 2. The maximum atomic E-state index is 13.3. The lowest BCUT2D eigenvalue weighted by molar-refractivity contribution is -0.123. The molecule has 6 rings (SSSR count). The number of carbonyl (C=O) groups is 2. The van der Waals surface area contributed by atoms with Crippen LogP contribution in [0.2, 0.25) is 0 Å². The molecule has 8 nitrogen and oxygen atoms in total. The van der Waals surface area contributed by atoms with E-state index >= 15 is 0 Å². The van der Waals surface area contributed by atoms with Gasteiger partial charge >= 0.3 is 0 Å². The summed E-state index contributed by atoms with van der Waals surface area (Å²) in [7, 11) is 0. The molecule has 4 atom stereocenters. The number of aromatic nitrogens is 3. The summed E-state index contributed by atoms with van der Waals surface area (Å²) in [5.41, 5.74) is 4.04. The fraction of sp³-hybridized carbons (Fsp3) is 0.375. The van der Waals surface area contributed by atoms with Gasteiger partial charge in [0.2, 0.25) is 6.41 Å². The molecule has 4 heterocycles. The molecular formula is C32H35N5O3. The zero-order valence-corrected chi connectivity index (χ0v) is 22.9. The highest BCUT2D eigenvalue weighted by Gasteiger charge is 2.40. The zero-order valence-electron chi connectivity index (χ0n) is 22.9. The van der Waals surface area contributed by atoms with Gasteiger partial charge in [-0.1, -0.05) is 19.9 Å². The number of fused-ring (bicyclic) bond motifs is 3. The molecule has 8 heteroatoms. The van der Waals surface area contributed by atoms with E-state index in [-0.39, 0.29) is 18.1 Å². The van der Waals surface area contributed by atoms with Crippen LogP contribution in [0.25, 0.3) is 22.2 Å². The molecule has 4 aromatic rings. The SMILES string of the molecule is CC(C)C[C@H](NC(=O)c1ccc2[nH]nc(-c3ccc(O[C@H]4C[C@H]5CC[C@@H](C4)N5C=O)cc3)c2c1)c1ccccn1. The van der Waals surface area contributed by atoms with E-state index in [0.29, 0.717) is 23.6 Å². The van der Waals surface area contributed by atoms with Gasteiger partial charge in [-0.15, -0.1) is 0 Å². The van der Waals surface area contributed by atoms with E-state index < -0.39 is 0 Å². The van der Waals surface area contributed by atoms with Crippen molar-refractivity contribution in [3.05, 3.63) is 78.1 Å². The second-order valence-electron chi connectivity index (χ2n) is 11.4. The molecule has 0 radical (unpaired) electrons. The lowest BCUT2D eigenvalue weighted by atomic mass is 9.99. The number of nitrogens with zero attached hydrogens (tertiary/aromatic N) is 3. The summed E-state index contributed by atoms with van der Waals surface area (Å²) in [6, 6.07) is 19.8. The van der Waals surface area contributed by atoms with Gasteiger partial charge < -0.3 is 15.0 Å². The van der Waals surface area contributed by atoms with Crippen molar-refractivity contribution >= 4 is 23.2 Å². The largest absolute Gasteiger partial charge is 0.490 e. The summed E-state index contributed by atoms with van der Waals surface area (Å²) in [4.78, 5) is 31.2. The molecule has 0 saturated carbocycles. The maximum Gasteiger partial charge on any atom is 0.251 e. The van der Waals surface area contributed by atoms with Crippen LogP contribution < -0.4 is 10.1 Å². The minimum Gasteiger partial charge on any atom is -0.490 e. The highest BCUT2D eigenvalue weighted by atomic mass is 16.5. The van der Waals surface area contributed by atoms with E-state index in [1.54, 1.807) is 6.20 Å². The van der Waals surface area contributed by atoms with E-state index in [1.165, 1.54) is 0 Å². The second kappa shape index (κ2) is 11.1. The van der Waals surface area contributed by atoms with Crippen LogP contribution in [0.5, 0.6) is 5.75 Å². The summed E-state index contributed by atoms with van der Waals surface area (Å²) in [5, 5.41) is 11.7. The molecule has 2 N–H and O–H groups in total. The quantitative estimate of drug-likeness (QED) is 0.268. The standard InChI is InChI=1S/C32H35N5O3/c1-20(2)15-30(29-5-3-4-14-33-29)34-32(39)22-8-13-28-27(16-22)31(36-35-28)21-6-11-25(12-7-21)40-26-17-23-9-10-24(18-26)37(23)19-38/h3-8,11-14,16,19-20,23-24,26,30H,9-10,15,17-18H2,1-2H3,(H,34,39)(H,35,36)/t23-,24+,26+,30-/m0/s1. The van der Waals surface area contributed by atoms with Crippen molar-refractivity contribution in [2.24, 2.45) is 5.92 Å². The number of rotatable bonds is 9. The second-order valence-corrected chi connectivity index (χ2v) is 11.4. The van der Waals surface area contributed by atoms with Crippen LogP contribution in [0, 0.1) is 5.92 Å². The number of piperidine rings is 1. The van der Waals surface area contributed by atoms with Crippen LogP contribution in [-0.2, 0) is 4.79 Å². The Morgan fingerprint density at radius 3 is 2.55 bits per heavy atom. The maximum absolute atomic E-state index is 13.3. The number of H-pyrrole nitrogens is 1. The first kappa shape index (κ1) is 26.0. The normalized spacial score (nSPS) is 21.0. The average molecular weight is 538 g/mol. The molecule has 2 aromatic heterocycles. The van der Waals surface area contributed by atoms with Crippen molar-refractivity contribution in [3.63, 3.8) is 0 Å². The van der Waals surface area contributed by atoms with Crippen LogP contribution in [0.15, 0.2) is 66.9 Å². The summed E-state index contributed by atoms with van der Waals surface area (Å²) in [6.45, 7) is 4.28. The van der Waals surface area contributed by atoms with E-state index in [4.69, 9.17) is 4.74 Å². The summed E-state index contributed by atoms with van der Waals surface area (Å²) in [6.07, 6.45) is 7.57. The van der Waals surface area contributed by atoms with Gasteiger partial charge in [-0.05, 0) is 79.8 Å². The highest BCUT2D eigenvalue weighted by molar-refractivity contribution is 6.01. The smallest absolute Gasteiger partial charge is 0.251 e. The zero-order chi connectivity index (χ0) is 27.6. The first-order chi connectivity index (χ1) is 19.5. The minimum absolute atomic E-state index is 0.123. The topological polar surface area (TPSA) is 100 Å². The van der Waals surface area contributed by atoms with E-state index in [0.717, 1.165) is 72.1 Å². The van der Waals surface area contributed by atoms with Crippen molar-refractivity contribution in [1.29, 1.82) is 0 Å². The summed E-state index contributed by atoms with van der Waals surface area (Å²) in [5.74, 6) is 1.09. The lowest BCUT2D eigenvalue weighted by Gasteiger charge is -2.36. The molecule has 2 bridgehead atoms.